The van der Waals surface area contributed by atoms with Crippen molar-refractivity contribution in [1.82, 2.24) is 10.3 Å². The van der Waals surface area contributed by atoms with E-state index in [9.17, 15) is 4.39 Å². The van der Waals surface area contributed by atoms with Gasteiger partial charge in [-0.05, 0) is 25.1 Å². The van der Waals surface area contributed by atoms with Gasteiger partial charge >= 0.3 is 0 Å². The fourth-order valence-electron chi connectivity index (χ4n) is 1.86. The number of aryl methyl sites for hydroxylation is 1. The van der Waals surface area contributed by atoms with Crippen molar-refractivity contribution in [2.75, 3.05) is 26.8 Å². The largest absolute Gasteiger partial charge is 0.441 e. The maximum Gasteiger partial charge on any atom is 0.194 e. The van der Waals surface area contributed by atoms with E-state index < -0.39 is 0 Å². The first kappa shape index (κ1) is 14.7. The second-order valence-electron chi connectivity index (χ2n) is 4.47. The van der Waals surface area contributed by atoms with Crippen LogP contribution in [0, 0.1) is 5.82 Å². The number of aromatic nitrogens is 1. The SMILES string of the molecule is COCCNCCCc1ncc(-c2cccc(F)c2)o1. The van der Waals surface area contributed by atoms with Crippen LogP contribution in [0.1, 0.15) is 12.3 Å². The van der Waals surface area contributed by atoms with E-state index in [1.165, 1.54) is 12.1 Å². The van der Waals surface area contributed by atoms with Gasteiger partial charge in [0.25, 0.3) is 0 Å². The van der Waals surface area contributed by atoms with Crippen LogP contribution < -0.4 is 5.32 Å². The van der Waals surface area contributed by atoms with Gasteiger partial charge in [0.05, 0.1) is 12.8 Å². The smallest absolute Gasteiger partial charge is 0.194 e. The summed E-state index contributed by atoms with van der Waals surface area (Å²) in [7, 11) is 1.68. The molecule has 1 N–H and O–H groups in total. The predicted octanol–water partition coefficient (Wildman–Crippen LogP) is 2.65. The van der Waals surface area contributed by atoms with Crippen molar-refractivity contribution in [1.29, 1.82) is 0 Å². The number of benzene rings is 1. The predicted molar refractivity (Wildman–Crippen MR) is 75.0 cm³/mol. The van der Waals surface area contributed by atoms with Gasteiger partial charge in [-0.25, -0.2) is 9.37 Å². The molecule has 0 aliphatic heterocycles. The Morgan fingerprint density at radius 2 is 2.25 bits per heavy atom. The molecule has 1 heterocycles. The molecule has 5 heteroatoms. The third-order valence-electron chi connectivity index (χ3n) is 2.89. The van der Waals surface area contributed by atoms with Crippen molar-refractivity contribution < 1.29 is 13.5 Å². The number of ether oxygens (including phenoxy) is 1. The fourth-order valence-corrected chi connectivity index (χ4v) is 1.86. The quantitative estimate of drug-likeness (QED) is 0.754. The van der Waals surface area contributed by atoms with Crippen LogP contribution >= 0.6 is 0 Å². The summed E-state index contributed by atoms with van der Waals surface area (Å²) in [5.74, 6) is 1.01. The third kappa shape index (κ3) is 4.43. The zero-order valence-corrected chi connectivity index (χ0v) is 11.6. The molecule has 108 valence electrons. The molecule has 0 atom stereocenters. The lowest BCUT2D eigenvalue weighted by molar-refractivity contribution is 0.199. The maximum absolute atomic E-state index is 13.1. The second kappa shape index (κ2) is 7.77. The summed E-state index contributed by atoms with van der Waals surface area (Å²) < 4.78 is 23.7. The number of hydrogen-bond acceptors (Lipinski definition) is 4. The molecular formula is C15H19FN2O2. The highest BCUT2D eigenvalue weighted by Gasteiger charge is 2.06. The Morgan fingerprint density at radius 1 is 1.35 bits per heavy atom. The van der Waals surface area contributed by atoms with Crippen LogP contribution in [0.25, 0.3) is 11.3 Å². The van der Waals surface area contributed by atoms with E-state index in [2.05, 4.69) is 10.3 Å². The van der Waals surface area contributed by atoms with E-state index in [-0.39, 0.29) is 5.82 Å². The number of oxazole rings is 1. The molecule has 0 fully saturated rings. The number of methoxy groups -OCH3 is 1. The topological polar surface area (TPSA) is 47.3 Å². The van der Waals surface area contributed by atoms with Crippen LogP contribution in [0.3, 0.4) is 0 Å². The number of rotatable bonds is 8. The van der Waals surface area contributed by atoms with Crippen molar-refractivity contribution >= 4 is 0 Å². The lowest BCUT2D eigenvalue weighted by atomic mass is 10.2. The number of nitrogens with zero attached hydrogens (tertiary/aromatic N) is 1. The summed E-state index contributed by atoms with van der Waals surface area (Å²) in [6, 6.07) is 6.31. The molecule has 0 bridgehead atoms. The molecular weight excluding hydrogens is 259 g/mol. The van der Waals surface area contributed by atoms with E-state index in [0.29, 0.717) is 23.8 Å². The van der Waals surface area contributed by atoms with Crippen LogP contribution in [0.15, 0.2) is 34.9 Å². The summed E-state index contributed by atoms with van der Waals surface area (Å²) in [5.41, 5.74) is 0.710. The summed E-state index contributed by atoms with van der Waals surface area (Å²) in [6.45, 7) is 2.44. The first-order valence-corrected chi connectivity index (χ1v) is 6.70. The molecule has 20 heavy (non-hydrogen) atoms. The van der Waals surface area contributed by atoms with Crippen molar-refractivity contribution in [2.24, 2.45) is 0 Å². The van der Waals surface area contributed by atoms with E-state index >= 15 is 0 Å². The summed E-state index contributed by atoms with van der Waals surface area (Å²) in [4.78, 5) is 4.21. The number of nitrogens with one attached hydrogen (secondary N) is 1. The molecule has 0 aliphatic rings. The summed E-state index contributed by atoms with van der Waals surface area (Å²) in [6.07, 6.45) is 3.34. The Kier molecular flexibility index (Phi) is 5.70. The summed E-state index contributed by atoms with van der Waals surface area (Å²) >= 11 is 0. The minimum absolute atomic E-state index is 0.275. The second-order valence-corrected chi connectivity index (χ2v) is 4.47. The minimum atomic E-state index is -0.275. The van der Waals surface area contributed by atoms with E-state index in [1.54, 1.807) is 25.4 Å². The van der Waals surface area contributed by atoms with E-state index in [1.807, 2.05) is 0 Å². The highest BCUT2D eigenvalue weighted by Crippen LogP contribution is 2.21. The molecule has 0 spiro atoms. The Morgan fingerprint density at radius 3 is 3.05 bits per heavy atom. The van der Waals surface area contributed by atoms with Crippen LogP contribution in [0.4, 0.5) is 4.39 Å². The Bertz CT molecular complexity index is 528. The minimum Gasteiger partial charge on any atom is -0.441 e. The molecule has 0 unspecified atom stereocenters. The molecule has 2 rings (SSSR count). The van der Waals surface area contributed by atoms with Gasteiger partial charge in [0.15, 0.2) is 11.7 Å². The van der Waals surface area contributed by atoms with Gasteiger partial charge in [-0.2, -0.15) is 0 Å². The van der Waals surface area contributed by atoms with Crippen LogP contribution in [0.5, 0.6) is 0 Å². The molecule has 0 radical (unpaired) electrons. The number of hydrogen-bond donors (Lipinski definition) is 1. The maximum atomic E-state index is 13.1. The fraction of sp³-hybridized carbons (Fsp3) is 0.400. The molecule has 1 aromatic carbocycles. The van der Waals surface area contributed by atoms with Crippen LogP contribution in [-0.2, 0) is 11.2 Å². The Balaban J connectivity index is 1.80. The molecule has 0 amide bonds. The Labute approximate surface area is 118 Å². The molecule has 2 aromatic rings. The van der Waals surface area contributed by atoms with Crippen molar-refractivity contribution in [3.63, 3.8) is 0 Å². The highest BCUT2D eigenvalue weighted by molar-refractivity contribution is 5.56. The normalized spacial score (nSPS) is 10.9. The monoisotopic (exact) mass is 278 g/mol. The highest BCUT2D eigenvalue weighted by atomic mass is 19.1. The zero-order valence-electron chi connectivity index (χ0n) is 11.6. The van der Waals surface area contributed by atoms with Crippen LogP contribution in [-0.4, -0.2) is 31.8 Å². The van der Waals surface area contributed by atoms with E-state index in [0.717, 1.165) is 25.9 Å². The summed E-state index contributed by atoms with van der Waals surface area (Å²) in [5, 5.41) is 3.26. The average molecular weight is 278 g/mol. The van der Waals surface area contributed by atoms with Crippen molar-refractivity contribution in [3.05, 3.63) is 42.2 Å². The van der Waals surface area contributed by atoms with Gasteiger partial charge in [-0.3, -0.25) is 0 Å². The molecule has 0 saturated heterocycles. The van der Waals surface area contributed by atoms with Gasteiger partial charge in [0.2, 0.25) is 0 Å². The first-order valence-electron chi connectivity index (χ1n) is 6.70. The Hall–Kier alpha value is -1.72. The van der Waals surface area contributed by atoms with Gasteiger partial charge < -0.3 is 14.5 Å². The molecule has 0 saturated carbocycles. The molecule has 1 aromatic heterocycles. The lowest BCUT2D eigenvalue weighted by Crippen LogP contribution is -2.20. The van der Waals surface area contributed by atoms with Gasteiger partial charge in [0, 0.05) is 25.6 Å². The first-order chi connectivity index (χ1) is 9.79. The van der Waals surface area contributed by atoms with Crippen LogP contribution in [0.2, 0.25) is 0 Å². The third-order valence-corrected chi connectivity index (χ3v) is 2.89. The van der Waals surface area contributed by atoms with Crippen molar-refractivity contribution in [2.45, 2.75) is 12.8 Å². The van der Waals surface area contributed by atoms with Crippen molar-refractivity contribution in [3.8, 4) is 11.3 Å². The molecule has 4 nitrogen and oxygen atoms in total. The van der Waals surface area contributed by atoms with Gasteiger partial charge in [0.1, 0.15) is 5.82 Å². The number of halogens is 1. The van der Waals surface area contributed by atoms with Gasteiger partial charge in [-0.1, -0.05) is 12.1 Å². The van der Waals surface area contributed by atoms with Gasteiger partial charge in [-0.15, -0.1) is 0 Å². The average Bonchev–Trinajstić information content (AvgIpc) is 2.91. The standard InChI is InChI=1S/C15H19FN2O2/c1-19-9-8-17-7-3-6-15-18-11-14(20-15)12-4-2-5-13(16)10-12/h2,4-5,10-11,17H,3,6-9H2,1H3. The molecule has 0 aliphatic carbocycles. The zero-order chi connectivity index (χ0) is 14.2. The van der Waals surface area contributed by atoms with E-state index in [4.69, 9.17) is 9.15 Å². The lowest BCUT2D eigenvalue weighted by Gasteiger charge is -2.02.